The van der Waals surface area contributed by atoms with Crippen molar-refractivity contribution in [3.63, 3.8) is 0 Å². The van der Waals surface area contributed by atoms with Crippen LogP contribution in [0, 0.1) is 3.57 Å². The molecule has 5 heteroatoms. The van der Waals surface area contributed by atoms with E-state index < -0.39 is 5.91 Å². The third-order valence-electron chi connectivity index (χ3n) is 2.78. The number of nitrogens with one attached hydrogen (secondary N) is 1. The van der Waals surface area contributed by atoms with E-state index in [4.69, 9.17) is 5.73 Å². The number of primary amides is 1. The number of amides is 2. The summed E-state index contributed by atoms with van der Waals surface area (Å²) >= 11 is 2.12. The molecule has 4 nitrogen and oxygen atoms in total. The molecule has 2 rings (SSSR count). The summed E-state index contributed by atoms with van der Waals surface area (Å²) in [7, 11) is 0. The van der Waals surface area contributed by atoms with Crippen molar-refractivity contribution < 1.29 is 9.59 Å². The number of carbonyl (C=O) groups is 2. The summed E-state index contributed by atoms with van der Waals surface area (Å²) in [5.41, 5.74) is 7.13. The van der Waals surface area contributed by atoms with Crippen LogP contribution in [0.4, 0.5) is 0 Å². The smallest absolute Gasteiger partial charge is 0.252 e. The van der Waals surface area contributed by atoms with Crippen LogP contribution in [0.5, 0.6) is 0 Å². The Morgan fingerprint density at radius 1 is 1.10 bits per heavy atom. The first-order chi connectivity index (χ1) is 9.58. The molecule has 0 saturated heterocycles. The first-order valence-electron chi connectivity index (χ1n) is 5.99. The fourth-order valence-corrected chi connectivity index (χ4v) is 2.39. The normalized spacial score (nSPS) is 10.1. The van der Waals surface area contributed by atoms with Gasteiger partial charge in [0.2, 0.25) is 5.91 Å². The van der Waals surface area contributed by atoms with Crippen molar-refractivity contribution in [2.24, 2.45) is 5.73 Å². The minimum Gasteiger partial charge on any atom is -0.366 e. The molecule has 2 aromatic rings. The Bertz CT molecular complexity index is 656. The number of halogens is 1. The highest BCUT2D eigenvalue weighted by molar-refractivity contribution is 14.1. The predicted octanol–water partition coefficient (Wildman–Crippen LogP) is 2.32. The van der Waals surface area contributed by atoms with Crippen molar-refractivity contribution in [3.05, 3.63) is 68.8 Å². The topological polar surface area (TPSA) is 72.2 Å². The largest absolute Gasteiger partial charge is 0.366 e. The summed E-state index contributed by atoms with van der Waals surface area (Å²) in [6.07, 6.45) is 0. The van der Waals surface area contributed by atoms with E-state index in [0.717, 1.165) is 9.13 Å². The van der Waals surface area contributed by atoms with Crippen molar-refractivity contribution in [1.29, 1.82) is 0 Å². The van der Waals surface area contributed by atoms with E-state index in [0.29, 0.717) is 17.7 Å². The van der Waals surface area contributed by atoms with Gasteiger partial charge in [0.1, 0.15) is 0 Å². The molecule has 0 aliphatic rings. The van der Waals surface area contributed by atoms with Crippen LogP contribution in [0.2, 0.25) is 0 Å². The van der Waals surface area contributed by atoms with Gasteiger partial charge in [-0.3, -0.25) is 9.59 Å². The van der Waals surface area contributed by atoms with Gasteiger partial charge in [-0.25, -0.2) is 0 Å². The van der Waals surface area contributed by atoms with Crippen LogP contribution < -0.4 is 11.1 Å². The molecule has 0 aromatic heterocycles. The lowest BCUT2D eigenvalue weighted by atomic mass is 10.1. The zero-order chi connectivity index (χ0) is 14.5. The zero-order valence-corrected chi connectivity index (χ0v) is 12.8. The molecule has 0 aliphatic carbocycles. The Morgan fingerprint density at radius 3 is 2.55 bits per heavy atom. The minimum absolute atomic E-state index is 0.139. The molecule has 0 saturated carbocycles. The standard InChI is InChI=1S/C15H13IN2O2/c16-13-7-2-1-6-12(13)15(20)18-9-10-4-3-5-11(8-10)14(17)19/h1-8H,9H2,(H2,17,19)(H,18,20). The number of carbonyl (C=O) groups excluding carboxylic acids is 2. The number of benzene rings is 2. The highest BCUT2D eigenvalue weighted by atomic mass is 127. The predicted molar refractivity (Wildman–Crippen MR) is 85.3 cm³/mol. The quantitative estimate of drug-likeness (QED) is 0.800. The number of hydrogen-bond acceptors (Lipinski definition) is 2. The molecule has 0 fully saturated rings. The van der Waals surface area contributed by atoms with Gasteiger partial charge in [0.15, 0.2) is 0 Å². The fourth-order valence-electron chi connectivity index (χ4n) is 1.76. The molecule has 2 aromatic carbocycles. The van der Waals surface area contributed by atoms with Gasteiger partial charge in [-0.2, -0.15) is 0 Å². The maximum absolute atomic E-state index is 12.1. The number of hydrogen-bond donors (Lipinski definition) is 2. The number of rotatable bonds is 4. The first kappa shape index (κ1) is 14.5. The molecule has 0 aliphatic heterocycles. The minimum atomic E-state index is -0.476. The van der Waals surface area contributed by atoms with Crippen LogP contribution in [0.15, 0.2) is 48.5 Å². The monoisotopic (exact) mass is 380 g/mol. The molecule has 0 spiro atoms. The van der Waals surface area contributed by atoms with Gasteiger partial charge in [0.05, 0.1) is 5.56 Å². The van der Waals surface area contributed by atoms with Gasteiger partial charge >= 0.3 is 0 Å². The van der Waals surface area contributed by atoms with Gasteiger partial charge < -0.3 is 11.1 Å². The second-order valence-corrected chi connectivity index (χ2v) is 5.39. The Kier molecular flexibility index (Phi) is 4.73. The third kappa shape index (κ3) is 3.57. The Morgan fingerprint density at radius 2 is 1.85 bits per heavy atom. The second kappa shape index (κ2) is 6.51. The van der Waals surface area contributed by atoms with Crippen LogP contribution in [-0.4, -0.2) is 11.8 Å². The lowest BCUT2D eigenvalue weighted by Crippen LogP contribution is -2.23. The van der Waals surface area contributed by atoms with Crippen molar-refractivity contribution in [1.82, 2.24) is 5.32 Å². The summed E-state index contributed by atoms with van der Waals surface area (Å²) in [4.78, 5) is 23.1. The third-order valence-corrected chi connectivity index (χ3v) is 3.72. The molecule has 2 amide bonds. The maximum Gasteiger partial charge on any atom is 0.252 e. The van der Waals surface area contributed by atoms with Crippen LogP contribution >= 0.6 is 22.6 Å². The van der Waals surface area contributed by atoms with Crippen molar-refractivity contribution in [3.8, 4) is 0 Å². The summed E-state index contributed by atoms with van der Waals surface area (Å²) < 4.78 is 0.897. The van der Waals surface area contributed by atoms with E-state index in [1.807, 2.05) is 24.3 Å². The van der Waals surface area contributed by atoms with E-state index in [9.17, 15) is 9.59 Å². The second-order valence-electron chi connectivity index (χ2n) is 4.23. The Balaban J connectivity index is 2.06. The van der Waals surface area contributed by atoms with Gasteiger partial charge in [0.25, 0.3) is 5.91 Å². The van der Waals surface area contributed by atoms with E-state index in [1.165, 1.54) is 0 Å². The van der Waals surface area contributed by atoms with Crippen LogP contribution in [0.1, 0.15) is 26.3 Å². The summed E-state index contributed by atoms with van der Waals surface area (Å²) in [6, 6.07) is 14.3. The van der Waals surface area contributed by atoms with E-state index in [1.54, 1.807) is 24.3 Å². The summed E-state index contributed by atoms with van der Waals surface area (Å²) in [5, 5.41) is 2.83. The molecule has 3 N–H and O–H groups in total. The lowest BCUT2D eigenvalue weighted by molar-refractivity contribution is 0.0949. The molecular weight excluding hydrogens is 367 g/mol. The highest BCUT2D eigenvalue weighted by Gasteiger charge is 2.09. The van der Waals surface area contributed by atoms with E-state index in [-0.39, 0.29) is 5.91 Å². The Hall–Kier alpha value is -1.89. The molecule has 0 radical (unpaired) electrons. The molecular formula is C15H13IN2O2. The average molecular weight is 380 g/mol. The van der Waals surface area contributed by atoms with Gasteiger partial charge in [0, 0.05) is 15.7 Å². The molecule has 0 atom stereocenters. The van der Waals surface area contributed by atoms with Gasteiger partial charge in [-0.15, -0.1) is 0 Å². The van der Waals surface area contributed by atoms with Crippen LogP contribution in [-0.2, 0) is 6.54 Å². The molecule has 102 valence electrons. The average Bonchev–Trinajstić information content (AvgIpc) is 2.45. The molecule has 0 bridgehead atoms. The highest BCUT2D eigenvalue weighted by Crippen LogP contribution is 2.11. The molecule has 20 heavy (non-hydrogen) atoms. The Labute approximate surface area is 130 Å². The summed E-state index contributed by atoms with van der Waals surface area (Å²) in [5.74, 6) is -0.615. The first-order valence-corrected chi connectivity index (χ1v) is 7.07. The van der Waals surface area contributed by atoms with Crippen molar-refractivity contribution in [2.75, 3.05) is 0 Å². The van der Waals surface area contributed by atoms with Crippen molar-refractivity contribution in [2.45, 2.75) is 6.54 Å². The fraction of sp³-hybridized carbons (Fsp3) is 0.0667. The van der Waals surface area contributed by atoms with Gasteiger partial charge in [-0.05, 0) is 52.4 Å². The van der Waals surface area contributed by atoms with Crippen molar-refractivity contribution >= 4 is 34.4 Å². The maximum atomic E-state index is 12.1. The van der Waals surface area contributed by atoms with Crippen LogP contribution in [0.25, 0.3) is 0 Å². The van der Waals surface area contributed by atoms with Crippen LogP contribution in [0.3, 0.4) is 0 Å². The summed E-state index contributed by atoms with van der Waals surface area (Å²) in [6.45, 7) is 0.352. The molecule has 0 heterocycles. The number of nitrogens with two attached hydrogens (primary N) is 1. The zero-order valence-electron chi connectivity index (χ0n) is 10.6. The molecule has 0 unspecified atom stereocenters. The van der Waals surface area contributed by atoms with Gasteiger partial charge in [-0.1, -0.05) is 24.3 Å². The van der Waals surface area contributed by atoms with E-state index >= 15 is 0 Å². The SMILES string of the molecule is NC(=O)c1cccc(CNC(=O)c2ccccc2I)c1. The lowest BCUT2D eigenvalue weighted by Gasteiger charge is -2.07. The van der Waals surface area contributed by atoms with E-state index in [2.05, 4.69) is 27.9 Å².